The van der Waals surface area contributed by atoms with Crippen LogP contribution in [0.1, 0.15) is 40.5 Å². The van der Waals surface area contributed by atoms with Crippen molar-refractivity contribution in [1.82, 2.24) is 4.90 Å². The van der Waals surface area contributed by atoms with Gasteiger partial charge in [-0.2, -0.15) is 0 Å². The Labute approximate surface area is 77.1 Å². The van der Waals surface area contributed by atoms with Crippen molar-refractivity contribution in [3.05, 3.63) is 0 Å². The molecule has 0 aromatic rings. The molecule has 1 rings (SSSR count). The van der Waals surface area contributed by atoms with E-state index in [-0.39, 0.29) is 0 Å². The van der Waals surface area contributed by atoms with E-state index in [2.05, 4.69) is 32.6 Å². The maximum absolute atomic E-state index is 2.65. The summed E-state index contributed by atoms with van der Waals surface area (Å²) in [5.74, 6) is 1.87. The minimum absolute atomic E-state index is 0.870. The van der Waals surface area contributed by atoms with E-state index in [4.69, 9.17) is 0 Å². The summed E-state index contributed by atoms with van der Waals surface area (Å²) in [6.07, 6.45) is 2.69. The van der Waals surface area contributed by atoms with Crippen LogP contribution in [-0.2, 0) is 0 Å². The Kier molecular flexibility index (Phi) is 3.57. The van der Waals surface area contributed by atoms with Crippen LogP contribution >= 0.6 is 0 Å². The summed E-state index contributed by atoms with van der Waals surface area (Å²) in [5.41, 5.74) is 0. The van der Waals surface area contributed by atoms with Gasteiger partial charge in [0.05, 0.1) is 0 Å². The minimum atomic E-state index is 0.870. The highest BCUT2D eigenvalue weighted by atomic mass is 15.2. The number of hydrogen-bond donors (Lipinski definition) is 0. The van der Waals surface area contributed by atoms with E-state index in [0.29, 0.717) is 0 Å². The van der Waals surface area contributed by atoms with E-state index in [1.54, 1.807) is 0 Å². The van der Waals surface area contributed by atoms with E-state index < -0.39 is 0 Å². The van der Waals surface area contributed by atoms with Crippen LogP contribution in [0.5, 0.6) is 0 Å². The average Bonchev–Trinajstić information content (AvgIpc) is 2.40. The molecule has 1 heterocycles. The van der Waals surface area contributed by atoms with Crippen molar-refractivity contribution in [3.8, 4) is 0 Å². The molecule has 0 aromatic heterocycles. The molecule has 0 amide bonds. The number of nitrogens with zero attached hydrogens (tertiary/aromatic N) is 1. The first-order chi connectivity index (χ1) is 5.74. The highest BCUT2D eigenvalue weighted by Crippen LogP contribution is 2.33. The molecular weight excluding hydrogens is 146 g/mol. The van der Waals surface area contributed by atoms with Gasteiger partial charge in [0.2, 0.25) is 0 Å². The Balaban J connectivity index is 2.61. The number of rotatable bonds is 3. The van der Waals surface area contributed by atoms with Crippen molar-refractivity contribution in [2.75, 3.05) is 13.1 Å². The Morgan fingerprint density at radius 1 is 1.17 bits per heavy atom. The van der Waals surface area contributed by atoms with Gasteiger partial charge < -0.3 is 4.90 Å². The van der Waals surface area contributed by atoms with E-state index in [1.807, 2.05) is 0 Å². The summed E-state index contributed by atoms with van der Waals surface area (Å²) >= 11 is 0. The summed E-state index contributed by atoms with van der Waals surface area (Å²) in [4.78, 5) is 2.65. The van der Waals surface area contributed by atoms with Gasteiger partial charge in [0, 0.05) is 12.6 Å². The topological polar surface area (TPSA) is 3.24 Å². The van der Waals surface area contributed by atoms with E-state index >= 15 is 0 Å². The van der Waals surface area contributed by atoms with Crippen LogP contribution in [0.2, 0.25) is 0 Å². The minimum Gasteiger partial charge on any atom is -0.300 e. The highest BCUT2D eigenvalue weighted by Gasteiger charge is 2.35. The summed E-state index contributed by atoms with van der Waals surface area (Å²) in [6.45, 7) is 11.9. The molecule has 1 aliphatic heterocycles. The monoisotopic (exact) mass is 169 g/mol. The molecule has 0 N–H and O–H groups in total. The normalized spacial score (nSPS) is 37.5. The lowest BCUT2D eigenvalue weighted by molar-refractivity contribution is 0.227. The molecule has 1 nitrogen and oxygen atoms in total. The molecule has 0 aliphatic carbocycles. The van der Waals surface area contributed by atoms with Gasteiger partial charge in [-0.15, -0.1) is 0 Å². The van der Waals surface area contributed by atoms with Gasteiger partial charge in [-0.25, -0.2) is 0 Å². The molecule has 1 saturated heterocycles. The summed E-state index contributed by atoms with van der Waals surface area (Å²) in [6, 6.07) is 0.870. The maximum Gasteiger partial charge on any atom is 0.0124 e. The highest BCUT2D eigenvalue weighted by molar-refractivity contribution is 4.88. The van der Waals surface area contributed by atoms with Gasteiger partial charge in [0.1, 0.15) is 0 Å². The Morgan fingerprint density at radius 2 is 1.83 bits per heavy atom. The Bertz CT molecular complexity index is 133. The summed E-state index contributed by atoms with van der Waals surface area (Å²) < 4.78 is 0. The van der Waals surface area contributed by atoms with Gasteiger partial charge in [0.25, 0.3) is 0 Å². The van der Waals surface area contributed by atoms with Crippen molar-refractivity contribution in [2.24, 2.45) is 11.8 Å². The van der Waals surface area contributed by atoms with E-state index in [1.165, 1.54) is 25.9 Å². The molecule has 0 radical (unpaired) electrons. The second kappa shape index (κ2) is 4.27. The second-order valence-electron chi connectivity index (χ2n) is 4.11. The van der Waals surface area contributed by atoms with Gasteiger partial charge in [0.15, 0.2) is 0 Å². The zero-order valence-electron chi connectivity index (χ0n) is 9.01. The fraction of sp³-hybridized carbons (Fsp3) is 1.00. The lowest BCUT2D eigenvalue weighted by Crippen LogP contribution is -2.31. The third kappa shape index (κ3) is 1.66. The van der Waals surface area contributed by atoms with E-state index in [0.717, 1.165) is 17.9 Å². The molecule has 0 saturated carbocycles. The van der Waals surface area contributed by atoms with Gasteiger partial charge in [-0.05, 0) is 24.8 Å². The molecule has 1 aliphatic rings. The maximum atomic E-state index is 2.65. The predicted molar refractivity (Wildman–Crippen MR) is 54.3 cm³/mol. The SMILES string of the molecule is CCC1C(C)CN(CC)C1CC. The lowest BCUT2D eigenvalue weighted by Gasteiger charge is -2.25. The fourth-order valence-corrected chi connectivity index (χ4v) is 2.89. The van der Waals surface area contributed by atoms with E-state index in [9.17, 15) is 0 Å². The molecule has 1 fully saturated rings. The number of hydrogen-bond acceptors (Lipinski definition) is 1. The smallest absolute Gasteiger partial charge is 0.0124 e. The predicted octanol–water partition coefficient (Wildman–Crippen LogP) is 2.76. The first kappa shape index (κ1) is 10.0. The van der Waals surface area contributed by atoms with Crippen LogP contribution in [0.4, 0.5) is 0 Å². The van der Waals surface area contributed by atoms with Crippen molar-refractivity contribution in [2.45, 2.75) is 46.6 Å². The Morgan fingerprint density at radius 3 is 2.25 bits per heavy atom. The molecule has 3 unspecified atom stereocenters. The third-order valence-corrected chi connectivity index (χ3v) is 3.51. The van der Waals surface area contributed by atoms with Gasteiger partial charge in [-0.3, -0.25) is 0 Å². The van der Waals surface area contributed by atoms with Crippen molar-refractivity contribution < 1.29 is 0 Å². The van der Waals surface area contributed by atoms with Crippen LogP contribution in [0.25, 0.3) is 0 Å². The quantitative estimate of drug-likeness (QED) is 0.628. The van der Waals surface area contributed by atoms with Crippen LogP contribution in [0.3, 0.4) is 0 Å². The van der Waals surface area contributed by atoms with Gasteiger partial charge >= 0.3 is 0 Å². The molecule has 72 valence electrons. The molecule has 0 spiro atoms. The molecule has 12 heavy (non-hydrogen) atoms. The van der Waals surface area contributed by atoms with Crippen molar-refractivity contribution in [1.29, 1.82) is 0 Å². The standard InChI is InChI=1S/C11H23N/c1-5-10-9(4)8-12(7-3)11(10)6-2/h9-11H,5-8H2,1-4H3. The van der Waals surface area contributed by atoms with Crippen LogP contribution in [0.15, 0.2) is 0 Å². The first-order valence-electron chi connectivity index (χ1n) is 5.48. The fourth-order valence-electron chi connectivity index (χ4n) is 2.89. The third-order valence-electron chi connectivity index (χ3n) is 3.51. The lowest BCUT2D eigenvalue weighted by atomic mass is 9.88. The van der Waals surface area contributed by atoms with Crippen LogP contribution < -0.4 is 0 Å². The molecule has 1 heteroatoms. The van der Waals surface area contributed by atoms with Crippen molar-refractivity contribution >= 4 is 0 Å². The largest absolute Gasteiger partial charge is 0.300 e. The molecular formula is C11H23N. The van der Waals surface area contributed by atoms with Crippen LogP contribution in [-0.4, -0.2) is 24.0 Å². The zero-order chi connectivity index (χ0) is 9.14. The molecule has 0 bridgehead atoms. The summed E-state index contributed by atoms with van der Waals surface area (Å²) in [7, 11) is 0. The zero-order valence-corrected chi connectivity index (χ0v) is 9.01. The average molecular weight is 169 g/mol. The van der Waals surface area contributed by atoms with Crippen LogP contribution in [0, 0.1) is 11.8 Å². The molecule has 0 aromatic carbocycles. The Hall–Kier alpha value is -0.0400. The number of likely N-dealkylation sites (tertiary alicyclic amines) is 1. The van der Waals surface area contributed by atoms with Gasteiger partial charge in [-0.1, -0.05) is 34.1 Å². The first-order valence-corrected chi connectivity index (χ1v) is 5.48. The molecule has 3 atom stereocenters. The summed E-state index contributed by atoms with van der Waals surface area (Å²) in [5, 5.41) is 0. The second-order valence-corrected chi connectivity index (χ2v) is 4.11. The van der Waals surface area contributed by atoms with Crippen molar-refractivity contribution in [3.63, 3.8) is 0 Å².